The molecule has 0 aliphatic rings. The van der Waals surface area contributed by atoms with E-state index in [1.165, 1.54) is 0 Å². The molecular weight excluding hydrogens is 306 g/mol. The first-order valence-corrected chi connectivity index (χ1v) is 7.77. The predicted molar refractivity (Wildman–Crippen MR) is 74.4 cm³/mol. The lowest BCUT2D eigenvalue weighted by atomic mass is 10.2. The van der Waals surface area contributed by atoms with Gasteiger partial charge in [0.2, 0.25) is 0 Å². The summed E-state index contributed by atoms with van der Waals surface area (Å²) in [6.45, 7) is 0.0600. The number of nitrogens with one attached hydrogen (secondary N) is 1. The van der Waals surface area contributed by atoms with E-state index in [1.807, 2.05) is 18.2 Å². The van der Waals surface area contributed by atoms with Crippen molar-refractivity contribution in [1.82, 2.24) is 5.32 Å². The molecule has 6 nitrogen and oxygen atoms in total. The Labute approximate surface area is 123 Å². The molecule has 1 unspecified atom stereocenters. The van der Waals surface area contributed by atoms with Crippen molar-refractivity contribution in [2.45, 2.75) is 12.6 Å². The van der Waals surface area contributed by atoms with E-state index in [0.717, 1.165) is 12.7 Å². The van der Waals surface area contributed by atoms with Gasteiger partial charge in [0, 0.05) is 0 Å². The van der Waals surface area contributed by atoms with E-state index < -0.39 is 28.1 Å². The van der Waals surface area contributed by atoms with Gasteiger partial charge in [0.15, 0.2) is 0 Å². The number of carbonyl (C=O) groups is 2. The van der Waals surface area contributed by atoms with Gasteiger partial charge in [-0.3, -0.25) is 0 Å². The Morgan fingerprint density at radius 1 is 1.35 bits per heavy atom. The van der Waals surface area contributed by atoms with Crippen molar-refractivity contribution in [2.24, 2.45) is 0 Å². The molecule has 0 aromatic heterocycles. The summed E-state index contributed by atoms with van der Waals surface area (Å²) in [5.41, 5.74) is 0.804. The maximum absolute atomic E-state index is 11.5. The SMILES string of the molecule is COC(=O)[C@H](CS(=O)Cl)NC(=O)OCc1ccccc1. The zero-order chi connectivity index (χ0) is 15.0. The van der Waals surface area contributed by atoms with Crippen molar-refractivity contribution in [3.63, 3.8) is 0 Å². The van der Waals surface area contributed by atoms with Gasteiger partial charge in [-0.25, -0.2) is 13.8 Å². The van der Waals surface area contributed by atoms with E-state index in [9.17, 15) is 13.8 Å². The van der Waals surface area contributed by atoms with Gasteiger partial charge in [-0.2, -0.15) is 0 Å². The molecule has 0 saturated carbocycles. The summed E-state index contributed by atoms with van der Waals surface area (Å²) < 4.78 is 20.3. The summed E-state index contributed by atoms with van der Waals surface area (Å²) in [7, 11) is 4.69. The topological polar surface area (TPSA) is 81.7 Å². The average Bonchev–Trinajstić information content (AvgIpc) is 2.44. The third kappa shape index (κ3) is 6.03. The highest BCUT2D eigenvalue weighted by atomic mass is 35.7. The third-order valence-corrected chi connectivity index (χ3v) is 3.26. The van der Waals surface area contributed by atoms with Crippen molar-refractivity contribution in [2.75, 3.05) is 12.9 Å². The van der Waals surface area contributed by atoms with Gasteiger partial charge >= 0.3 is 12.1 Å². The third-order valence-electron chi connectivity index (χ3n) is 2.29. The Morgan fingerprint density at radius 3 is 2.55 bits per heavy atom. The number of hydrogen-bond acceptors (Lipinski definition) is 5. The molecular formula is C12H14ClNO5S. The molecule has 0 radical (unpaired) electrons. The number of amides is 1. The lowest BCUT2D eigenvalue weighted by molar-refractivity contribution is -0.142. The smallest absolute Gasteiger partial charge is 0.408 e. The maximum Gasteiger partial charge on any atom is 0.408 e. The number of ether oxygens (including phenoxy) is 2. The molecule has 0 saturated heterocycles. The average molecular weight is 320 g/mol. The van der Waals surface area contributed by atoms with Crippen LogP contribution < -0.4 is 5.32 Å². The van der Waals surface area contributed by atoms with Crippen molar-refractivity contribution in [3.8, 4) is 0 Å². The van der Waals surface area contributed by atoms with Crippen LogP contribution in [-0.4, -0.2) is 35.2 Å². The van der Waals surface area contributed by atoms with Crippen LogP contribution in [0, 0.1) is 0 Å². The highest BCUT2D eigenvalue weighted by Gasteiger charge is 2.24. The minimum absolute atomic E-state index is 0.0600. The first kappa shape index (κ1) is 16.5. The fourth-order valence-corrected chi connectivity index (χ4v) is 2.21. The number of halogens is 1. The Kier molecular flexibility index (Phi) is 7.03. The molecule has 0 fully saturated rings. The van der Waals surface area contributed by atoms with Crippen LogP contribution >= 0.6 is 10.7 Å². The number of hydrogen-bond donors (Lipinski definition) is 1. The minimum atomic E-state index is -1.77. The number of alkyl carbamates (subject to hydrolysis) is 1. The molecule has 0 aliphatic carbocycles. The molecule has 0 bridgehead atoms. The van der Waals surface area contributed by atoms with Crippen LogP contribution in [0.1, 0.15) is 5.56 Å². The fourth-order valence-electron chi connectivity index (χ4n) is 1.35. The lowest BCUT2D eigenvalue weighted by Gasteiger charge is -2.14. The summed E-state index contributed by atoms with van der Waals surface area (Å²) in [5.74, 6) is -0.995. The molecule has 8 heteroatoms. The zero-order valence-corrected chi connectivity index (χ0v) is 12.3. The number of benzene rings is 1. The minimum Gasteiger partial charge on any atom is -0.467 e. The summed E-state index contributed by atoms with van der Waals surface area (Å²) in [4.78, 5) is 22.9. The summed E-state index contributed by atoms with van der Waals surface area (Å²) in [6, 6.07) is 7.93. The molecule has 0 aliphatic heterocycles. The largest absolute Gasteiger partial charge is 0.467 e. The van der Waals surface area contributed by atoms with Crippen LogP contribution in [0.4, 0.5) is 4.79 Å². The Bertz CT molecular complexity index is 482. The van der Waals surface area contributed by atoms with E-state index in [0.29, 0.717) is 0 Å². The second-order valence-electron chi connectivity index (χ2n) is 3.74. The lowest BCUT2D eigenvalue weighted by Crippen LogP contribution is -2.44. The molecule has 1 rings (SSSR count). The second-order valence-corrected chi connectivity index (χ2v) is 5.68. The van der Waals surface area contributed by atoms with E-state index in [-0.39, 0.29) is 12.4 Å². The van der Waals surface area contributed by atoms with Crippen LogP contribution in [0.5, 0.6) is 0 Å². The normalized spacial score (nSPS) is 13.1. The first-order valence-electron chi connectivity index (χ1n) is 5.62. The van der Waals surface area contributed by atoms with E-state index in [2.05, 4.69) is 10.1 Å². The van der Waals surface area contributed by atoms with Gasteiger partial charge in [0.25, 0.3) is 0 Å². The standard InChI is InChI=1S/C12H14ClNO5S/c1-18-11(15)10(8-20(13)17)14-12(16)19-7-9-5-3-2-4-6-9/h2-6,10H,7-8H2,1H3,(H,14,16)/t10-,20?/m0/s1. The number of carbonyl (C=O) groups excluding carboxylic acids is 2. The van der Waals surface area contributed by atoms with E-state index in [1.54, 1.807) is 12.1 Å². The van der Waals surface area contributed by atoms with Crippen molar-refractivity contribution >= 4 is 32.8 Å². The Morgan fingerprint density at radius 2 is 2.00 bits per heavy atom. The molecule has 1 aromatic carbocycles. The van der Waals surface area contributed by atoms with E-state index >= 15 is 0 Å². The van der Waals surface area contributed by atoms with Crippen LogP contribution in [0.3, 0.4) is 0 Å². The molecule has 1 amide bonds. The quantitative estimate of drug-likeness (QED) is 0.632. The number of methoxy groups -OCH3 is 1. The fraction of sp³-hybridized carbons (Fsp3) is 0.333. The number of rotatable bonds is 6. The van der Waals surface area contributed by atoms with Crippen LogP contribution in [-0.2, 0) is 30.9 Å². The van der Waals surface area contributed by atoms with Gasteiger partial charge in [-0.15, -0.1) is 0 Å². The predicted octanol–water partition coefficient (Wildman–Crippen LogP) is 1.36. The van der Waals surface area contributed by atoms with Gasteiger partial charge < -0.3 is 14.8 Å². The van der Waals surface area contributed by atoms with Crippen LogP contribution in [0.25, 0.3) is 0 Å². The van der Waals surface area contributed by atoms with Crippen molar-refractivity contribution in [1.29, 1.82) is 0 Å². The van der Waals surface area contributed by atoms with Crippen LogP contribution in [0.15, 0.2) is 30.3 Å². The van der Waals surface area contributed by atoms with Gasteiger partial charge in [0.05, 0.1) is 12.9 Å². The zero-order valence-electron chi connectivity index (χ0n) is 10.7. The van der Waals surface area contributed by atoms with Gasteiger partial charge in [0.1, 0.15) is 22.7 Å². The Balaban J connectivity index is 2.49. The van der Waals surface area contributed by atoms with Crippen molar-refractivity contribution in [3.05, 3.63) is 35.9 Å². The molecule has 110 valence electrons. The summed E-state index contributed by atoms with van der Waals surface area (Å²) >= 11 is 0. The van der Waals surface area contributed by atoms with Gasteiger partial charge in [-0.1, -0.05) is 30.3 Å². The first-order chi connectivity index (χ1) is 9.52. The summed E-state index contributed by atoms with van der Waals surface area (Å²) in [6.07, 6.45) is -0.814. The van der Waals surface area contributed by atoms with Gasteiger partial charge in [-0.05, 0) is 16.2 Å². The molecule has 1 aromatic rings. The number of esters is 1. The second kappa shape index (κ2) is 8.55. The van der Waals surface area contributed by atoms with E-state index in [4.69, 9.17) is 15.4 Å². The molecule has 1 N–H and O–H groups in total. The van der Waals surface area contributed by atoms with Crippen molar-refractivity contribution < 1.29 is 23.3 Å². The summed E-state index contributed by atoms with van der Waals surface area (Å²) in [5, 5.41) is 2.26. The maximum atomic E-state index is 11.5. The molecule has 20 heavy (non-hydrogen) atoms. The molecule has 0 spiro atoms. The highest BCUT2D eigenvalue weighted by Crippen LogP contribution is 2.02. The Hall–Kier alpha value is -1.60. The molecule has 2 atom stereocenters. The van der Waals surface area contributed by atoms with Crippen LogP contribution in [0.2, 0.25) is 0 Å². The monoisotopic (exact) mass is 319 g/mol. The highest BCUT2D eigenvalue weighted by molar-refractivity contribution is 8.08. The molecule has 0 heterocycles.